The third kappa shape index (κ3) is 7.15. The molecule has 0 amide bonds. The summed E-state index contributed by atoms with van der Waals surface area (Å²) in [4.78, 5) is 25.3. The molecule has 0 radical (unpaired) electrons. The number of nitrogens with zero attached hydrogens (tertiary/aromatic N) is 1. The van der Waals surface area contributed by atoms with Crippen LogP contribution in [0.25, 0.3) is 0 Å². The summed E-state index contributed by atoms with van der Waals surface area (Å²) < 4.78 is 5.14. The van der Waals surface area contributed by atoms with Crippen LogP contribution in [0, 0.1) is 0 Å². The highest BCUT2D eigenvalue weighted by Crippen LogP contribution is 2.13. The van der Waals surface area contributed by atoms with Crippen molar-refractivity contribution in [2.45, 2.75) is 51.7 Å². The molecule has 0 rings (SSSR count). The van der Waals surface area contributed by atoms with E-state index in [1.54, 1.807) is 20.8 Å². The first kappa shape index (κ1) is 14.8. The topological polar surface area (TPSA) is 81.8 Å². The molecule has 0 aromatic rings. The fraction of sp³-hybridized carbons (Fsp3) is 0.818. The lowest BCUT2D eigenvalue weighted by atomic mass is 10.1. The van der Waals surface area contributed by atoms with Crippen molar-refractivity contribution in [3.63, 3.8) is 0 Å². The van der Waals surface area contributed by atoms with E-state index in [9.17, 15) is 9.59 Å². The third-order valence-electron chi connectivity index (χ3n) is 1.82. The summed E-state index contributed by atoms with van der Waals surface area (Å²) in [6.07, 6.45) is 3.42. The van der Waals surface area contributed by atoms with E-state index in [0.717, 1.165) is 12.8 Å². The monoisotopic (exact) mass is 228 g/mol. The molecule has 16 heavy (non-hydrogen) atoms. The van der Waals surface area contributed by atoms with E-state index in [4.69, 9.17) is 10.5 Å². The molecule has 1 atom stereocenters. The van der Waals surface area contributed by atoms with Gasteiger partial charge < -0.3 is 10.5 Å². The molecular weight excluding hydrogens is 208 g/mol. The maximum absolute atomic E-state index is 11.6. The van der Waals surface area contributed by atoms with E-state index in [0.29, 0.717) is 13.0 Å². The number of esters is 1. The fourth-order valence-electron chi connectivity index (χ4n) is 1.15. The molecule has 92 valence electrons. The summed E-state index contributed by atoms with van der Waals surface area (Å²) in [6.45, 7) is 5.87. The summed E-state index contributed by atoms with van der Waals surface area (Å²) in [6, 6.07) is -0.747. The van der Waals surface area contributed by atoms with Gasteiger partial charge in [-0.2, -0.15) is 4.99 Å². The first-order valence-corrected chi connectivity index (χ1v) is 5.40. The summed E-state index contributed by atoms with van der Waals surface area (Å²) in [5.74, 6) is -0.479. The van der Waals surface area contributed by atoms with E-state index in [1.165, 1.54) is 6.08 Å². The van der Waals surface area contributed by atoms with Crippen molar-refractivity contribution < 1.29 is 14.3 Å². The number of unbranched alkanes of at least 4 members (excludes halogenated alkanes) is 1. The second-order valence-corrected chi connectivity index (χ2v) is 4.55. The SMILES string of the molecule is CC(C)(C)OC(=O)[C@@H](CCCCN)N=C=O. The zero-order chi connectivity index (χ0) is 12.6. The van der Waals surface area contributed by atoms with Gasteiger partial charge in [-0.05, 0) is 46.6 Å². The minimum atomic E-state index is -0.747. The van der Waals surface area contributed by atoms with E-state index in [1.807, 2.05) is 0 Å². The Bertz CT molecular complexity index is 265. The lowest BCUT2D eigenvalue weighted by Gasteiger charge is -2.21. The Morgan fingerprint density at radius 1 is 1.44 bits per heavy atom. The van der Waals surface area contributed by atoms with Crippen LogP contribution in [0.2, 0.25) is 0 Å². The molecule has 0 saturated carbocycles. The molecule has 0 spiro atoms. The van der Waals surface area contributed by atoms with Gasteiger partial charge >= 0.3 is 5.97 Å². The van der Waals surface area contributed by atoms with Gasteiger partial charge in [0.25, 0.3) is 0 Å². The molecule has 5 heteroatoms. The third-order valence-corrected chi connectivity index (χ3v) is 1.82. The molecule has 0 aliphatic heterocycles. The van der Waals surface area contributed by atoms with Crippen molar-refractivity contribution in [1.82, 2.24) is 0 Å². The normalized spacial score (nSPS) is 12.8. The summed E-state index contributed by atoms with van der Waals surface area (Å²) in [5, 5.41) is 0. The van der Waals surface area contributed by atoms with Gasteiger partial charge in [0.15, 0.2) is 6.04 Å². The van der Waals surface area contributed by atoms with Crippen LogP contribution >= 0.6 is 0 Å². The van der Waals surface area contributed by atoms with Crippen LogP contribution in [0.4, 0.5) is 0 Å². The first-order valence-electron chi connectivity index (χ1n) is 5.40. The maximum Gasteiger partial charge on any atom is 0.332 e. The second kappa shape index (κ2) is 7.14. The van der Waals surface area contributed by atoms with Crippen molar-refractivity contribution in [2.24, 2.45) is 10.7 Å². The predicted octanol–water partition coefficient (Wildman–Crippen LogP) is 1.16. The van der Waals surface area contributed by atoms with Gasteiger partial charge in [-0.1, -0.05) is 0 Å². The quantitative estimate of drug-likeness (QED) is 0.320. The van der Waals surface area contributed by atoms with E-state index in [2.05, 4.69) is 4.99 Å². The van der Waals surface area contributed by atoms with E-state index in [-0.39, 0.29) is 0 Å². The van der Waals surface area contributed by atoms with Crippen LogP contribution in [0.3, 0.4) is 0 Å². The Hall–Kier alpha value is -1.19. The number of rotatable bonds is 6. The Morgan fingerprint density at radius 2 is 2.06 bits per heavy atom. The van der Waals surface area contributed by atoms with Crippen molar-refractivity contribution in [1.29, 1.82) is 0 Å². The lowest BCUT2D eigenvalue weighted by molar-refractivity contribution is -0.156. The molecule has 0 aromatic carbocycles. The molecule has 0 fully saturated rings. The smallest absolute Gasteiger partial charge is 0.332 e. The van der Waals surface area contributed by atoms with Gasteiger partial charge in [0.1, 0.15) is 5.60 Å². The molecule has 0 saturated heterocycles. The van der Waals surface area contributed by atoms with Crippen LogP contribution < -0.4 is 5.73 Å². The molecular formula is C11H20N2O3. The number of carbonyl (C=O) groups is 1. The minimum Gasteiger partial charge on any atom is -0.458 e. The van der Waals surface area contributed by atoms with Crippen LogP contribution in [0.15, 0.2) is 4.99 Å². The Balaban J connectivity index is 4.30. The number of carbonyl (C=O) groups excluding carboxylic acids is 2. The van der Waals surface area contributed by atoms with E-state index >= 15 is 0 Å². The zero-order valence-electron chi connectivity index (χ0n) is 10.2. The maximum atomic E-state index is 11.6. The molecule has 2 N–H and O–H groups in total. The van der Waals surface area contributed by atoms with Gasteiger partial charge in [0, 0.05) is 0 Å². The first-order chi connectivity index (χ1) is 7.40. The van der Waals surface area contributed by atoms with Gasteiger partial charge in [0.2, 0.25) is 6.08 Å². The molecule has 0 bridgehead atoms. The highest BCUT2D eigenvalue weighted by Gasteiger charge is 2.24. The van der Waals surface area contributed by atoms with Gasteiger partial charge in [-0.3, -0.25) is 0 Å². The number of hydrogen-bond acceptors (Lipinski definition) is 5. The predicted molar refractivity (Wildman–Crippen MR) is 60.7 cm³/mol. The number of isocyanates is 1. The van der Waals surface area contributed by atoms with Crippen LogP contribution in [0.5, 0.6) is 0 Å². The summed E-state index contributed by atoms with van der Waals surface area (Å²) in [7, 11) is 0. The largest absolute Gasteiger partial charge is 0.458 e. The highest BCUT2D eigenvalue weighted by molar-refractivity contribution is 5.77. The van der Waals surface area contributed by atoms with Crippen molar-refractivity contribution in [2.75, 3.05) is 6.54 Å². The highest BCUT2D eigenvalue weighted by atomic mass is 16.6. The Kier molecular flexibility index (Phi) is 6.61. The second-order valence-electron chi connectivity index (χ2n) is 4.55. The number of aliphatic imine (C=N–C) groups is 1. The summed E-state index contributed by atoms with van der Waals surface area (Å²) in [5.41, 5.74) is 4.77. The van der Waals surface area contributed by atoms with Crippen LogP contribution in [-0.4, -0.2) is 30.2 Å². The molecule has 0 aliphatic carbocycles. The average Bonchev–Trinajstić information content (AvgIpc) is 2.14. The standard InChI is InChI=1S/C11H20N2O3/c1-11(2,3)16-10(15)9(13-8-14)6-4-5-7-12/h9H,4-7,12H2,1-3H3/t9-/m1/s1. The Morgan fingerprint density at radius 3 is 2.50 bits per heavy atom. The zero-order valence-corrected chi connectivity index (χ0v) is 10.2. The Labute approximate surface area is 96.1 Å². The number of nitrogens with two attached hydrogens (primary N) is 1. The van der Waals surface area contributed by atoms with Gasteiger partial charge in [-0.25, -0.2) is 9.59 Å². The molecule has 0 unspecified atom stereocenters. The molecule has 0 aliphatic rings. The minimum absolute atomic E-state index is 0.474. The summed E-state index contributed by atoms with van der Waals surface area (Å²) >= 11 is 0. The number of hydrogen-bond donors (Lipinski definition) is 1. The fourth-order valence-corrected chi connectivity index (χ4v) is 1.15. The van der Waals surface area contributed by atoms with E-state index < -0.39 is 17.6 Å². The molecule has 5 nitrogen and oxygen atoms in total. The van der Waals surface area contributed by atoms with Crippen LogP contribution in [-0.2, 0) is 14.3 Å². The van der Waals surface area contributed by atoms with Crippen molar-refractivity contribution in [3.05, 3.63) is 0 Å². The van der Waals surface area contributed by atoms with Crippen LogP contribution in [0.1, 0.15) is 40.0 Å². The average molecular weight is 228 g/mol. The van der Waals surface area contributed by atoms with Crippen molar-refractivity contribution in [3.8, 4) is 0 Å². The van der Waals surface area contributed by atoms with Gasteiger partial charge in [-0.15, -0.1) is 0 Å². The van der Waals surface area contributed by atoms with Crippen molar-refractivity contribution >= 4 is 12.0 Å². The molecule has 0 aromatic heterocycles. The molecule has 0 heterocycles. The number of ether oxygens (including phenoxy) is 1. The van der Waals surface area contributed by atoms with Gasteiger partial charge in [0.05, 0.1) is 0 Å². The lowest BCUT2D eigenvalue weighted by Crippen LogP contribution is -2.31.